The Morgan fingerprint density at radius 1 is 1.16 bits per heavy atom. The van der Waals surface area contributed by atoms with Gasteiger partial charge in [-0.2, -0.15) is 0 Å². The fourth-order valence-electron chi connectivity index (χ4n) is 5.15. The quantitative estimate of drug-likeness (QED) is 0.445. The smallest absolute Gasteiger partial charge is 0.305 e. The molecule has 2 bridgehead atoms. The SMILES string of the molecule is CCCC(C)CNC(=O)C1C2CCC(C2)C1CCCCCC(=O)OC. The van der Waals surface area contributed by atoms with Gasteiger partial charge in [-0.15, -0.1) is 0 Å². The number of esters is 1. The molecule has 2 aliphatic rings. The molecule has 0 aliphatic heterocycles. The molecule has 4 heteroatoms. The van der Waals surface area contributed by atoms with Crippen molar-refractivity contribution in [2.75, 3.05) is 13.7 Å². The van der Waals surface area contributed by atoms with Crippen molar-refractivity contribution in [2.45, 2.75) is 78.1 Å². The molecule has 0 aromatic rings. The van der Waals surface area contributed by atoms with E-state index in [1.807, 2.05) is 0 Å². The third-order valence-electron chi connectivity index (χ3n) is 6.44. The Hall–Kier alpha value is -1.06. The Balaban J connectivity index is 1.76. The highest BCUT2D eigenvalue weighted by Crippen LogP contribution is 2.54. The molecule has 2 fully saturated rings. The molecule has 2 aliphatic carbocycles. The molecule has 0 spiro atoms. The predicted octanol–water partition coefficient (Wildman–Crippen LogP) is 4.32. The maximum atomic E-state index is 12.8. The van der Waals surface area contributed by atoms with Crippen LogP contribution in [0.2, 0.25) is 0 Å². The van der Waals surface area contributed by atoms with Gasteiger partial charge in [-0.05, 0) is 62.2 Å². The van der Waals surface area contributed by atoms with Gasteiger partial charge in [0.1, 0.15) is 0 Å². The first kappa shape index (κ1) is 20.3. The van der Waals surface area contributed by atoms with E-state index in [9.17, 15) is 9.59 Å². The molecule has 2 saturated carbocycles. The Morgan fingerprint density at radius 3 is 2.64 bits per heavy atom. The van der Waals surface area contributed by atoms with Gasteiger partial charge in [-0.3, -0.25) is 9.59 Å². The van der Waals surface area contributed by atoms with Crippen LogP contribution in [-0.4, -0.2) is 25.5 Å². The van der Waals surface area contributed by atoms with Crippen LogP contribution in [0, 0.1) is 29.6 Å². The summed E-state index contributed by atoms with van der Waals surface area (Å²) >= 11 is 0. The van der Waals surface area contributed by atoms with Gasteiger partial charge in [-0.25, -0.2) is 0 Å². The number of hydrogen-bond donors (Lipinski definition) is 1. The van der Waals surface area contributed by atoms with Crippen molar-refractivity contribution in [3.63, 3.8) is 0 Å². The number of unbranched alkanes of at least 4 members (excludes halogenated alkanes) is 2. The molecule has 144 valence electrons. The van der Waals surface area contributed by atoms with Crippen LogP contribution in [-0.2, 0) is 14.3 Å². The predicted molar refractivity (Wildman–Crippen MR) is 100.0 cm³/mol. The first-order valence-corrected chi connectivity index (χ1v) is 10.4. The van der Waals surface area contributed by atoms with Crippen molar-refractivity contribution < 1.29 is 14.3 Å². The number of carbonyl (C=O) groups is 2. The largest absolute Gasteiger partial charge is 0.469 e. The minimum absolute atomic E-state index is 0.113. The lowest BCUT2D eigenvalue weighted by molar-refractivity contribution is -0.140. The molecule has 0 radical (unpaired) electrons. The van der Waals surface area contributed by atoms with Gasteiger partial charge in [0.2, 0.25) is 5.91 Å². The summed E-state index contributed by atoms with van der Waals surface area (Å²) in [6.07, 6.45) is 10.9. The maximum absolute atomic E-state index is 12.8. The maximum Gasteiger partial charge on any atom is 0.305 e. The van der Waals surface area contributed by atoms with Crippen LogP contribution in [0.4, 0.5) is 0 Å². The molecule has 0 aromatic heterocycles. The summed E-state index contributed by atoms with van der Waals surface area (Å²) in [4.78, 5) is 24.0. The van der Waals surface area contributed by atoms with Crippen molar-refractivity contribution in [1.29, 1.82) is 0 Å². The van der Waals surface area contributed by atoms with E-state index < -0.39 is 0 Å². The van der Waals surface area contributed by atoms with Crippen LogP contribution in [0.1, 0.15) is 78.1 Å². The molecular weight excluding hydrogens is 314 g/mol. The van der Waals surface area contributed by atoms with E-state index in [-0.39, 0.29) is 11.9 Å². The highest BCUT2D eigenvalue weighted by molar-refractivity contribution is 5.79. The number of hydrogen-bond acceptors (Lipinski definition) is 3. The number of methoxy groups -OCH3 is 1. The van der Waals surface area contributed by atoms with Gasteiger partial charge in [-0.1, -0.05) is 33.1 Å². The number of amides is 1. The van der Waals surface area contributed by atoms with Gasteiger partial charge in [0.15, 0.2) is 0 Å². The van der Waals surface area contributed by atoms with Crippen LogP contribution in [0.15, 0.2) is 0 Å². The molecule has 4 nitrogen and oxygen atoms in total. The lowest BCUT2D eigenvalue weighted by Crippen LogP contribution is -2.40. The number of ether oxygens (including phenoxy) is 1. The van der Waals surface area contributed by atoms with E-state index in [1.165, 1.54) is 39.2 Å². The van der Waals surface area contributed by atoms with E-state index in [1.54, 1.807) is 0 Å². The third kappa shape index (κ3) is 5.72. The van der Waals surface area contributed by atoms with Crippen LogP contribution < -0.4 is 5.32 Å². The van der Waals surface area contributed by atoms with Crippen LogP contribution >= 0.6 is 0 Å². The van der Waals surface area contributed by atoms with Gasteiger partial charge in [0.25, 0.3) is 0 Å². The Kier molecular flexibility index (Phi) is 8.25. The summed E-state index contributed by atoms with van der Waals surface area (Å²) in [6.45, 7) is 5.25. The Bertz CT molecular complexity index is 437. The second kappa shape index (κ2) is 10.2. The van der Waals surface area contributed by atoms with Crippen molar-refractivity contribution in [1.82, 2.24) is 5.32 Å². The van der Waals surface area contributed by atoms with Crippen molar-refractivity contribution in [2.24, 2.45) is 29.6 Å². The molecule has 0 aromatic carbocycles. The second-order valence-electron chi connectivity index (χ2n) is 8.34. The van der Waals surface area contributed by atoms with E-state index in [0.29, 0.717) is 30.1 Å². The highest BCUT2D eigenvalue weighted by atomic mass is 16.5. The number of nitrogens with one attached hydrogen (secondary N) is 1. The molecule has 2 rings (SSSR count). The standard InChI is InChI=1S/C21H37NO3/c1-4-8-15(2)14-22-21(24)20-17-12-11-16(13-17)18(20)9-6-5-7-10-19(23)25-3/h15-18,20H,4-14H2,1-3H3,(H,22,24). The normalized spacial score (nSPS) is 28.8. The van der Waals surface area contributed by atoms with Crippen LogP contribution in [0.3, 0.4) is 0 Å². The summed E-state index contributed by atoms with van der Waals surface area (Å²) < 4.78 is 4.69. The minimum atomic E-state index is -0.113. The van der Waals surface area contributed by atoms with Gasteiger partial charge >= 0.3 is 5.97 Å². The third-order valence-corrected chi connectivity index (χ3v) is 6.44. The Labute approximate surface area is 153 Å². The number of carbonyl (C=O) groups excluding carboxylic acids is 2. The monoisotopic (exact) mass is 351 g/mol. The summed E-state index contributed by atoms with van der Waals surface area (Å²) in [5.41, 5.74) is 0. The topological polar surface area (TPSA) is 55.4 Å². The average molecular weight is 352 g/mol. The van der Waals surface area contributed by atoms with Gasteiger partial charge in [0, 0.05) is 18.9 Å². The average Bonchev–Trinajstić information content (AvgIpc) is 3.20. The van der Waals surface area contributed by atoms with E-state index >= 15 is 0 Å². The summed E-state index contributed by atoms with van der Waals surface area (Å²) in [5, 5.41) is 3.25. The molecule has 5 atom stereocenters. The fourth-order valence-corrected chi connectivity index (χ4v) is 5.15. The van der Waals surface area contributed by atoms with Crippen molar-refractivity contribution in [3.05, 3.63) is 0 Å². The summed E-state index contributed by atoms with van der Waals surface area (Å²) in [7, 11) is 1.45. The molecule has 1 N–H and O–H groups in total. The molecule has 1 amide bonds. The van der Waals surface area contributed by atoms with Crippen LogP contribution in [0.5, 0.6) is 0 Å². The Morgan fingerprint density at radius 2 is 1.92 bits per heavy atom. The number of rotatable bonds is 11. The molecule has 0 saturated heterocycles. The number of fused-ring (bicyclic) bond motifs is 2. The van der Waals surface area contributed by atoms with Gasteiger partial charge < -0.3 is 10.1 Å². The van der Waals surface area contributed by atoms with Crippen molar-refractivity contribution >= 4 is 11.9 Å². The zero-order chi connectivity index (χ0) is 18.2. The molecule has 0 heterocycles. The van der Waals surface area contributed by atoms with E-state index in [2.05, 4.69) is 19.2 Å². The van der Waals surface area contributed by atoms with E-state index in [0.717, 1.165) is 38.1 Å². The van der Waals surface area contributed by atoms with E-state index in [4.69, 9.17) is 4.74 Å². The second-order valence-corrected chi connectivity index (χ2v) is 8.34. The summed E-state index contributed by atoms with van der Waals surface area (Å²) in [5.74, 6) is 2.96. The lowest BCUT2D eigenvalue weighted by atomic mass is 9.76. The molecule has 5 unspecified atom stereocenters. The first-order valence-electron chi connectivity index (χ1n) is 10.4. The first-order chi connectivity index (χ1) is 12.1. The fraction of sp³-hybridized carbons (Fsp3) is 0.905. The van der Waals surface area contributed by atoms with Crippen LogP contribution in [0.25, 0.3) is 0 Å². The summed E-state index contributed by atoms with van der Waals surface area (Å²) in [6, 6.07) is 0. The zero-order valence-corrected chi connectivity index (χ0v) is 16.4. The molecule has 25 heavy (non-hydrogen) atoms. The highest BCUT2D eigenvalue weighted by Gasteiger charge is 2.49. The molecular formula is C21H37NO3. The zero-order valence-electron chi connectivity index (χ0n) is 16.4. The minimum Gasteiger partial charge on any atom is -0.469 e. The lowest BCUT2D eigenvalue weighted by Gasteiger charge is -2.30. The van der Waals surface area contributed by atoms with Gasteiger partial charge in [0.05, 0.1) is 7.11 Å². The van der Waals surface area contributed by atoms with Crippen molar-refractivity contribution in [3.8, 4) is 0 Å².